The summed E-state index contributed by atoms with van der Waals surface area (Å²) in [6, 6.07) is 5.62. The van der Waals surface area contributed by atoms with E-state index in [1.165, 1.54) is 14.2 Å². The highest BCUT2D eigenvalue weighted by Gasteiger charge is 2.23. The van der Waals surface area contributed by atoms with Gasteiger partial charge in [-0.05, 0) is 31.5 Å². The number of hydrogen-bond donors (Lipinski definition) is 1. The molecule has 0 aliphatic heterocycles. The third kappa shape index (κ3) is 2.82. The van der Waals surface area contributed by atoms with Crippen molar-refractivity contribution in [1.82, 2.24) is 4.57 Å². The van der Waals surface area contributed by atoms with E-state index in [9.17, 15) is 14.7 Å². The van der Waals surface area contributed by atoms with Crippen LogP contribution in [0.4, 0.5) is 0 Å². The van der Waals surface area contributed by atoms with Crippen LogP contribution in [0.25, 0.3) is 10.9 Å². The number of nitrogens with zero attached hydrogens (tertiary/aromatic N) is 1. The van der Waals surface area contributed by atoms with Gasteiger partial charge in [0.15, 0.2) is 6.10 Å². The van der Waals surface area contributed by atoms with Gasteiger partial charge in [-0.3, -0.25) is 0 Å². The zero-order valence-electron chi connectivity index (χ0n) is 13.0. The first kappa shape index (κ1) is 16.0. The first-order chi connectivity index (χ1) is 10.4. The van der Waals surface area contributed by atoms with Crippen LogP contribution in [0.3, 0.4) is 0 Å². The number of aliphatic hydroxyl groups excluding tert-OH is 1. The predicted molar refractivity (Wildman–Crippen MR) is 80.8 cm³/mol. The summed E-state index contributed by atoms with van der Waals surface area (Å²) in [5.41, 5.74) is 3.08. The van der Waals surface area contributed by atoms with Crippen LogP contribution in [0.1, 0.15) is 21.6 Å². The lowest BCUT2D eigenvalue weighted by Gasteiger charge is -2.14. The van der Waals surface area contributed by atoms with Crippen LogP contribution in [-0.4, -0.2) is 41.9 Å². The predicted octanol–water partition coefficient (Wildman–Crippen LogP) is 1.58. The molecule has 1 unspecified atom stereocenters. The number of esters is 2. The molecule has 0 amide bonds. The number of benzene rings is 1. The van der Waals surface area contributed by atoms with Gasteiger partial charge in [-0.2, -0.15) is 0 Å². The second-order valence-electron chi connectivity index (χ2n) is 5.19. The van der Waals surface area contributed by atoms with Crippen molar-refractivity contribution in [1.29, 1.82) is 0 Å². The Balaban J connectivity index is 2.62. The van der Waals surface area contributed by atoms with E-state index in [1.54, 1.807) is 10.6 Å². The molecule has 0 aliphatic carbocycles. The number of fused-ring (bicyclic) bond motifs is 1. The summed E-state index contributed by atoms with van der Waals surface area (Å²) in [7, 11) is 2.49. The minimum Gasteiger partial charge on any atom is -0.467 e. The molecule has 0 saturated carbocycles. The van der Waals surface area contributed by atoms with Gasteiger partial charge < -0.3 is 19.1 Å². The van der Waals surface area contributed by atoms with Gasteiger partial charge in [-0.1, -0.05) is 11.6 Å². The molecule has 0 fully saturated rings. The van der Waals surface area contributed by atoms with Gasteiger partial charge in [-0.25, -0.2) is 9.59 Å². The van der Waals surface area contributed by atoms with Crippen molar-refractivity contribution in [3.05, 3.63) is 35.0 Å². The van der Waals surface area contributed by atoms with Crippen molar-refractivity contribution in [2.45, 2.75) is 26.5 Å². The Morgan fingerprint density at radius 3 is 2.45 bits per heavy atom. The van der Waals surface area contributed by atoms with Gasteiger partial charge in [0.1, 0.15) is 5.69 Å². The van der Waals surface area contributed by atoms with Crippen molar-refractivity contribution < 1.29 is 24.2 Å². The van der Waals surface area contributed by atoms with Gasteiger partial charge in [0.05, 0.1) is 26.3 Å². The van der Waals surface area contributed by atoms with E-state index in [0.29, 0.717) is 0 Å². The smallest absolute Gasteiger partial charge is 0.354 e. The van der Waals surface area contributed by atoms with Gasteiger partial charge in [-0.15, -0.1) is 0 Å². The molecule has 0 radical (unpaired) electrons. The SMILES string of the molecule is COC(=O)c1cc2cc(C)cc(C)c2n1CC(O)C(=O)OC. The molecular formula is C16H19NO5. The topological polar surface area (TPSA) is 77.8 Å². The molecule has 22 heavy (non-hydrogen) atoms. The Hall–Kier alpha value is -2.34. The van der Waals surface area contributed by atoms with Crippen molar-refractivity contribution in [3.8, 4) is 0 Å². The monoisotopic (exact) mass is 305 g/mol. The fraction of sp³-hybridized carbons (Fsp3) is 0.375. The first-order valence-electron chi connectivity index (χ1n) is 6.83. The Bertz CT molecular complexity index is 732. The van der Waals surface area contributed by atoms with Crippen LogP contribution in [0, 0.1) is 13.8 Å². The minimum atomic E-state index is -1.36. The number of aromatic nitrogens is 1. The van der Waals surface area contributed by atoms with E-state index in [0.717, 1.165) is 22.0 Å². The summed E-state index contributed by atoms with van der Waals surface area (Å²) < 4.78 is 10.9. The number of methoxy groups -OCH3 is 2. The highest BCUT2D eigenvalue weighted by atomic mass is 16.5. The van der Waals surface area contributed by atoms with Gasteiger partial charge in [0.25, 0.3) is 0 Å². The second-order valence-corrected chi connectivity index (χ2v) is 5.19. The lowest BCUT2D eigenvalue weighted by Crippen LogP contribution is -2.28. The quantitative estimate of drug-likeness (QED) is 0.868. The maximum Gasteiger partial charge on any atom is 0.354 e. The molecule has 0 aliphatic rings. The minimum absolute atomic E-state index is 0.0789. The molecule has 1 N–H and O–H groups in total. The van der Waals surface area contributed by atoms with Crippen LogP contribution in [0.15, 0.2) is 18.2 Å². The van der Waals surface area contributed by atoms with E-state index < -0.39 is 18.0 Å². The molecule has 1 aromatic heterocycles. The summed E-state index contributed by atoms with van der Waals surface area (Å²) in [6.07, 6.45) is -1.36. The molecule has 1 heterocycles. The van der Waals surface area contributed by atoms with Crippen LogP contribution in [-0.2, 0) is 20.8 Å². The third-order valence-corrected chi connectivity index (χ3v) is 3.55. The largest absolute Gasteiger partial charge is 0.467 e. The molecule has 6 heteroatoms. The number of aryl methyl sites for hydroxylation is 2. The van der Waals surface area contributed by atoms with Crippen molar-refractivity contribution in [2.75, 3.05) is 14.2 Å². The number of carbonyl (C=O) groups excluding carboxylic acids is 2. The van der Waals surface area contributed by atoms with Crippen LogP contribution in [0.2, 0.25) is 0 Å². The molecule has 1 atom stereocenters. The molecule has 0 bridgehead atoms. The number of carbonyl (C=O) groups is 2. The summed E-state index contributed by atoms with van der Waals surface area (Å²) in [5, 5.41) is 10.8. The highest BCUT2D eigenvalue weighted by molar-refractivity contribution is 5.97. The van der Waals surface area contributed by atoms with Gasteiger partial charge in [0, 0.05) is 5.39 Å². The van der Waals surface area contributed by atoms with Crippen molar-refractivity contribution in [2.24, 2.45) is 0 Å². The summed E-state index contributed by atoms with van der Waals surface area (Å²) >= 11 is 0. The first-order valence-corrected chi connectivity index (χ1v) is 6.83. The van der Waals surface area contributed by atoms with Crippen LogP contribution >= 0.6 is 0 Å². The van der Waals surface area contributed by atoms with E-state index in [-0.39, 0.29) is 12.2 Å². The summed E-state index contributed by atoms with van der Waals surface area (Å²) in [4.78, 5) is 23.4. The molecule has 0 spiro atoms. The standard InChI is InChI=1S/C16H19NO5/c1-9-5-10(2)14-11(6-9)7-12(15(19)21-3)17(14)8-13(18)16(20)22-4/h5-7,13,18H,8H2,1-4H3. The van der Waals surface area contributed by atoms with Crippen molar-refractivity contribution >= 4 is 22.8 Å². The zero-order chi connectivity index (χ0) is 16.4. The lowest BCUT2D eigenvalue weighted by molar-refractivity contribution is -0.151. The highest BCUT2D eigenvalue weighted by Crippen LogP contribution is 2.26. The molecule has 118 valence electrons. The van der Waals surface area contributed by atoms with E-state index in [4.69, 9.17) is 4.74 Å². The summed E-state index contributed by atoms with van der Waals surface area (Å²) in [5.74, 6) is -1.27. The van der Waals surface area contributed by atoms with E-state index in [1.807, 2.05) is 26.0 Å². The Morgan fingerprint density at radius 1 is 1.18 bits per heavy atom. The molecule has 1 aromatic carbocycles. The van der Waals surface area contributed by atoms with E-state index in [2.05, 4.69) is 4.74 Å². The third-order valence-electron chi connectivity index (χ3n) is 3.55. The molecule has 6 nitrogen and oxygen atoms in total. The Kier molecular flexibility index (Phi) is 4.51. The second kappa shape index (κ2) is 6.19. The molecule has 2 aromatic rings. The number of ether oxygens (including phenoxy) is 2. The Morgan fingerprint density at radius 2 is 1.86 bits per heavy atom. The fourth-order valence-corrected chi connectivity index (χ4v) is 2.66. The number of aliphatic hydroxyl groups is 1. The average Bonchev–Trinajstić information content (AvgIpc) is 2.83. The maximum atomic E-state index is 12.0. The van der Waals surface area contributed by atoms with Crippen molar-refractivity contribution in [3.63, 3.8) is 0 Å². The average molecular weight is 305 g/mol. The van der Waals surface area contributed by atoms with E-state index >= 15 is 0 Å². The Labute approximate surface area is 128 Å². The molecule has 0 saturated heterocycles. The van der Waals surface area contributed by atoms with Gasteiger partial charge >= 0.3 is 11.9 Å². The normalized spacial score (nSPS) is 12.2. The zero-order valence-corrected chi connectivity index (χ0v) is 13.0. The van der Waals surface area contributed by atoms with Crippen LogP contribution < -0.4 is 0 Å². The van der Waals surface area contributed by atoms with Crippen LogP contribution in [0.5, 0.6) is 0 Å². The number of hydrogen-bond acceptors (Lipinski definition) is 5. The molecular weight excluding hydrogens is 286 g/mol. The summed E-state index contributed by atoms with van der Waals surface area (Å²) in [6.45, 7) is 3.80. The fourth-order valence-electron chi connectivity index (χ4n) is 2.66. The molecule has 2 rings (SSSR count). The van der Waals surface area contributed by atoms with Gasteiger partial charge in [0.2, 0.25) is 0 Å². The number of rotatable bonds is 4. The maximum absolute atomic E-state index is 12.0. The lowest BCUT2D eigenvalue weighted by atomic mass is 10.1.